The Morgan fingerprint density at radius 2 is 2.38 bits per heavy atom. The number of nitrogens with two attached hydrogens (primary N) is 1. The third-order valence-corrected chi connectivity index (χ3v) is 2.40. The molecule has 0 aromatic carbocycles. The smallest absolute Gasteiger partial charge is 0.265 e. The molecule has 16 heavy (non-hydrogen) atoms. The number of rotatable bonds is 4. The van der Waals surface area contributed by atoms with Gasteiger partial charge in [-0.2, -0.15) is 4.98 Å². The largest absolute Gasteiger partial charge is 0.463 e. The predicted molar refractivity (Wildman–Crippen MR) is 58.0 cm³/mol. The summed E-state index contributed by atoms with van der Waals surface area (Å²) in [4.78, 5) is 19.4. The Labute approximate surface area is 93.2 Å². The number of hydrogen-bond donors (Lipinski definition) is 2. The van der Waals surface area contributed by atoms with Crippen LogP contribution in [0.1, 0.15) is 19.3 Å². The number of hydrogen-bond acceptors (Lipinski definition) is 5. The lowest BCUT2D eigenvalue weighted by Crippen LogP contribution is -2.37. The lowest BCUT2D eigenvalue weighted by Gasteiger charge is -2.24. The van der Waals surface area contributed by atoms with Crippen molar-refractivity contribution < 1.29 is 9.53 Å². The van der Waals surface area contributed by atoms with Crippen molar-refractivity contribution in [3.8, 4) is 5.88 Å². The minimum absolute atomic E-state index is 0.140. The highest BCUT2D eigenvalue weighted by Crippen LogP contribution is 2.26. The van der Waals surface area contributed by atoms with Gasteiger partial charge in [-0.15, -0.1) is 0 Å². The van der Waals surface area contributed by atoms with Gasteiger partial charge < -0.3 is 15.8 Å². The number of nitrogens with one attached hydrogen (secondary N) is 1. The van der Waals surface area contributed by atoms with Crippen LogP contribution in [0.15, 0.2) is 12.5 Å². The Morgan fingerprint density at radius 3 is 3.19 bits per heavy atom. The quantitative estimate of drug-likeness (QED) is 0.715. The van der Waals surface area contributed by atoms with E-state index in [-0.39, 0.29) is 5.91 Å². The highest BCUT2D eigenvalue weighted by molar-refractivity contribution is 5.97. The van der Waals surface area contributed by atoms with Crippen LogP contribution in [-0.4, -0.2) is 28.5 Å². The number of carbonyl (C=O) groups is 1. The Bertz CT molecular complexity index is 383. The van der Waals surface area contributed by atoms with Crippen molar-refractivity contribution in [1.82, 2.24) is 9.97 Å². The number of ether oxygens (including phenoxy) is 1. The van der Waals surface area contributed by atoms with E-state index in [0.717, 1.165) is 12.8 Å². The van der Waals surface area contributed by atoms with Crippen molar-refractivity contribution in [1.29, 1.82) is 0 Å². The molecule has 0 fully saturated rings. The minimum atomic E-state index is -0.464. The molecule has 1 amide bonds. The van der Waals surface area contributed by atoms with E-state index in [1.54, 1.807) is 0 Å². The van der Waals surface area contributed by atoms with E-state index in [2.05, 4.69) is 15.3 Å². The van der Waals surface area contributed by atoms with E-state index < -0.39 is 6.10 Å². The zero-order chi connectivity index (χ0) is 11.4. The van der Waals surface area contributed by atoms with Crippen LogP contribution >= 0.6 is 0 Å². The molecule has 0 saturated carbocycles. The summed E-state index contributed by atoms with van der Waals surface area (Å²) in [6, 6.07) is 0. The van der Waals surface area contributed by atoms with Crippen LogP contribution in [0.3, 0.4) is 0 Å². The van der Waals surface area contributed by atoms with Gasteiger partial charge in [0.05, 0.1) is 6.20 Å². The van der Waals surface area contributed by atoms with E-state index in [1.807, 2.05) is 0 Å². The van der Waals surface area contributed by atoms with Crippen LogP contribution in [0, 0.1) is 0 Å². The Balaban J connectivity index is 2.01. The number of nitrogens with zero attached hydrogens (tertiary/aromatic N) is 2. The number of fused-ring (bicyclic) bond motifs is 1. The second kappa shape index (κ2) is 4.89. The van der Waals surface area contributed by atoms with Crippen LogP contribution in [0.25, 0.3) is 0 Å². The summed E-state index contributed by atoms with van der Waals surface area (Å²) in [5.74, 6) is 0.298. The van der Waals surface area contributed by atoms with Gasteiger partial charge in [-0.25, -0.2) is 4.98 Å². The molecule has 1 unspecified atom stereocenters. The van der Waals surface area contributed by atoms with Crippen LogP contribution in [0.4, 0.5) is 5.69 Å². The third kappa shape index (κ3) is 2.27. The predicted octanol–water partition coefficient (Wildman–Crippen LogP) is 0.305. The fraction of sp³-hybridized carbons (Fsp3) is 0.500. The Hall–Kier alpha value is -1.69. The Morgan fingerprint density at radius 1 is 1.50 bits per heavy atom. The van der Waals surface area contributed by atoms with Crippen molar-refractivity contribution in [2.45, 2.75) is 25.4 Å². The first-order valence-corrected chi connectivity index (χ1v) is 5.29. The molecule has 6 nitrogen and oxygen atoms in total. The molecule has 1 atom stereocenters. The second-order valence-corrected chi connectivity index (χ2v) is 3.62. The molecule has 6 heteroatoms. The van der Waals surface area contributed by atoms with Crippen molar-refractivity contribution in [2.75, 3.05) is 11.9 Å². The van der Waals surface area contributed by atoms with Crippen molar-refractivity contribution in [2.24, 2.45) is 5.73 Å². The molecule has 1 aliphatic rings. The lowest BCUT2D eigenvalue weighted by molar-refractivity contribution is -0.124. The fourth-order valence-corrected chi connectivity index (χ4v) is 1.56. The molecule has 1 aromatic heterocycles. The van der Waals surface area contributed by atoms with Crippen molar-refractivity contribution in [3.05, 3.63) is 12.5 Å². The van der Waals surface area contributed by atoms with E-state index in [0.29, 0.717) is 24.5 Å². The van der Waals surface area contributed by atoms with E-state index in [4.69, 9.17) is 10.5 Å². The minimum Gasteiger partial charge on any atom is -0.463 e. The third-order valence-electron chi connectivity index (χ3n) is 2.40. The zero-order valence-electron chi connectivity index (χ0n) is 8.85. The number of unbranched alkanes of at least 4 members (excludes halogenated alkanes) is 1. The number of anilines is 1. The highest BCUT2D eigenvalue weighted by Gasteiger charge is 2.27. The Kier molecular flexibility index (Phi) is 3.31. The van der Waals surface area contributed by atoms with Gasteiger partial charge >= 0.3 is 0 Å². The normalized spacial score (nSPS) is 18.6. The molecular weight excluding hydrogens is 208 g/mol. The second-order valence-electron chi connectivity index (χ2n) is 3.62. The van der Waals surface area contributed by atoms with Gasteiger partial charge in [-0.1, -0.05) is 0 Å². The van der Waals surface area contributed by atoms with Gasteiger partial charge in [0.2, 0.25) is 5.88 Å². The van der Waals surface area contributed by atoms with Gasteiger partial charge in [0, 0.05) is 0 Å². The van der Waals surface area contributed by atoms with Gasteiger partial charge in [0.15, 0.2) is 6.10 Å². The summed E-state index contributed by atoms with van der Waals surface area (Å²) in [6.07, 6.45) is 4.88. The number of aromatic nitrogens is 2. The van der Waals surface area contributed by atoms with Gasteiger partial charge in [0.25, 0.3) is 5.91 Å². The first kappa shape index (κ1) is 10.8. The average molecular weight is 222 g/mol. The van der Waals surface area contributed by atoms with Crippen molar-refractivity contribution in [3.63, 3.8) is 0 Å². The zero-order valence-corrected chi connectivity index (χ0v) is 8.85. The molecule has 0 saturated heterocycles. The molecule has 1 aromatic rings. The highest BCUT2D eigenvalue weighted by atomic mass is 16.5. The number of carbonyl (C=O) groups excluding carboxylic acids is 1. The van der Waals surface area contributed by atoms with Gasteiger partial charge in [-0.3, -0.25) is 4.79 Å². The van der Waals surface area contributed by atoms with Crippen molar-refractivity contribution >= 4 is 11.6 Å². The maximum atomic E-state index is 11.6. The van der Waals surface area contributed by atoms with E-state index >= 15 is 0 Å². The summed E-state index contributed by atoms with van der Waals surface area (Å²) in [5, 5.41) is 2.72. The van der Waals surface area contributed by atoms with Gasteiger partial charge in [0.1, 0.15) is 12.0 Å². The first-order valence-electron chi connectivity index (χ1n) is 5.29. The molecule has 3 N–H and O–H groups in total. The maximum Gasteiger partial charge on any atom is 0.265 e. The number of amides is 1. The van der Waals surface area contributed by atoms with Crippen LogP contribution in [0.5, 0.6) is 5.88 Å². The standard InChI is InChI=1S/C10H14N4O2/c11-4-2-1-3-8-9(15)14-7-5-12-6-13-10(7)16-8/h5-6,8H,1-4,11H2,(H,14,15). The lowest BCUT2D eigenvalue weighted by atomic mass is 10.1. The topological polar surface area (TPSA) is 90.1 Å². The summed E-state index contributed by atoms with van der Waals surface area (Å²) in [7, 11) is 0. The fourth-order valence-electron chi connectivity index (χ4n) is 1.56. The molecular formula is C10H14N4O2. The van der Waals surface area contributed by atoms with Crippen LogP contribution < -0.4 is 15.8 Å². The monoisotopic (exact) mass is 222 g/mol. The van der Waals surface area contributed by atoms with E-state index in [9.17, 15) is 4.79 Å². The molecule has 0 aliphatic carbocycles. The van der Waals surface area contributed by atoms with Crippen LogP contribution in [0.2, 0.25) is 0 Å². The molecule has 0 radical (unpaired) electrons. The van der Waals surface area contributed by atoms with Gasteiger partial charge in [-0.05, 0) is 25.8 Å². The van der Waals surface area contributed by atoms with E-state index in [1.165, 1.54) is 12.5 Å². The average Bonchev–Trinajstić information content (AvgIpc) is 2.30. The summed E-state index contributed by atoms with van der Waals surface area (Å²) in [6.45, 7) is 0.632. The summed E-state index contributed by atoms with van der Waals surface area (Å²) >= 11 is 0. The summed E-state index contributed by atoms with van der Waals surface area (Å²) in [5.41, 5.74) is 5.92. The van der Waals surface area contributed by atoms with Crippen LogP contribution in [-0.2, 0) is 4.79 Å². The molecule has 2 heterocycles. The SMILES string of the molecule is NCCCCC1Oc2ncncc2NC1=O. The molecule has 86 valence electrons. The summed E-state index contributed by atoms with van der Waals surface area (Å²) < 4.78 is 5.49. The molecule has 1 aliphatic heterocycles. The maximum absolute atomic E-state index is 11.6. The molecule has 0 spiro atoms. The first-order chi connectivity index (χ1) is 7.81. The molecule has 2 rings (SSSR count). The molecule has 0 bridgehead atoms.